The van der Waals surface area contributed by atoms with E-state index in [0.29, 0.717) is 17.3 Å². The van der Waals surface area contributed by atoms with Crippen molar-refractivity contribution in [3.05, 3.63) is 41.7 Å². The summed E-state index contributed by atoms with van der Waals surface area (Å²) in [4.78, 5) is 0.191. The number of benzene rings is 1. The second-order valence-corrected chi connectivity index (χ2v) is 6.20. The van der Waals surface area contributed by atoms with Crippen molar-refractivity contribution >= 4 is 21.6 Å². The Labute approximate surface area is 122 Å². The third-order valence-corrected chi connectivity index (χ3v) is 4.28. The predicted octanol–water partition coefficient (Wildman–Crippen LogP) is 1.52. The molecule has 1 heterocycles. The van der Waals surface area contributed by atoms with E-state index < -0.39 is 10.0 Å². The second kappa shape index (κ2) is 6.25. The van der Waals surface area contributed by atoms with Gasteiger partial charge in [0.1, 0.15) is 5.75 Å². The Hall–Kier alpha value is -1.57. The van der Waals surface area contributed by atoms with Crippen LogP contribution in [0.4, 0.5) is 0 Å². The molecule has 1 aromatic heterocycles. The Bertz CT molecular complexity index is 668. The van der Waals surface area contributed by atoms with Crippen molar-refractivity contribution in [2.45, 2.75) is 11.4 Å². The summed E-state index contributed by atoms with van der Waals surface area (Å²) in [6, 6.07) is 6.18. The molecule has 1 N–H and O–H groups in total. The monoisotopic (exact) mass is 315 g/mol. The van der Waals surface area contributed by atoms with Crippen LogP contribution in [0.1, 0.15) is 0 Å². The zero-order valence-corrected chi connectivity index (χ0v) is 12.4. The van der Waals surface area contributed by atoms with Crippen LogP contribution in [0.2, 0.25) is 5.02 Å². The maximum atomic E-state index is 12.0. The lowest BCUT2D eigenvalue weighted by molar-refractivity contribution is 0.414. The molecule has 108 valence electrons. The normalized spacial score (nSPS) is 11.5. The first-order valence-corrected chi connectivity index (χ1v) is 7.69. The van der Waals surface area contributed by atoms with E-state index in [1.807, 2.05) is 0 Å². The SMILES string of the molecule is COc1ccc(S(=O)(=O)NCCn2cc(Cl)cn2)cc1. The zero-order chi connectivity index (χ0) is 14.6. The lowest BCUT2D eigenvalue weighted by Crippen LogP contribution is -2.27. The van der Waals surface area contributed by atoms with E-state index in [-0.39, 0.29) is 11.4 Å². The molecule has 6 nitrogen and oxygen atoms in total. The number of nitrogens with zero attached hydrogens (tertiary/aromatic N) is 2. The van der Waals surface area contributed by atoms with Gasteiger partial charge in [-0.3, -0.25) is 4.68 Å². The number of halogens is 1. The summed E-state index contributed by atoms with van der Waals surface area (Å²) in [5.41, 5.74) is 0. The number of aromatic nitrogens is 2. The number of rotatable bonds is 6. The molecule has 0 saturated carbocycles. The van der Waals surface area contributed by atoms with Crippen molar-refractivity contribution in [2.24, 2.45) is 0 Å². The maximum absolute atomic E-state index is 12.0. The van der Waals surface area contributed by atoms with E-state index in [4.69, 9.17) is 16.3 Å². The number of sulfonamides is 1. The summed E-state index contributed by atoms with van der Waals surface area (Å²) in [5, 5.41) is 4.48. The topological polar surface area (TPSA) is 73.2 Å². The van der Waals surface area contributed by atoms with Crippen LogP contribution in [0, 0.1) is 0 Å². The Balaban J connectivity index is 1.96. The van der Waals surface area contributed by atoms with E-state index >= 15 is 0 Å². The highest BCUT2D eigenvalue weighted by atomic mass is 35.5. The molecule has 8 heteroatoms. The van der Waals surface area contributed by atoms with E-state index in [9.17, 15) is 8.42 Å². The fourth-order valence-corrected chi connectivity index (χ4v) is 2.77. The molecule has 1 aromatic carbocycles. The Kier molecular flexibility index (Phi) is 4.64. The average molecular weight is 316 g/mol. The molecular formula is C12H14ClN3O3S. The van der Waals surface area contributed by atoms with Crippen LogP contribution in [0.15, 0.2) is 41.6 Å². The van der Waals surface area contributed by atoms with Crippen LogP contribution in [0.3, 0.4) is 0 Å². The second-order valence-electron chi connectivity index (χ2n) is 3.99. The van der Waals surface area contributed by atoms with Gasteiger partial charge in [-0.15, -0.1) is 0 Å². The molecule has 0 aliphatic heterocycles. The molecule has 0 aliphatic rings. The van der Waals surface area contributed by atoms with Gasteiger partial charge in [-0.25, -0.2) is 13.1 Å². The highest BCUT2D eigenvalue weighted by molar-refractivity contribution is 7.89. The molecule has 0 unspecified atom stereocenters. The van der Waals surface area contributed by atoms with E-state index in [2.05, 4.69) is 9.82 Å². The third kappa shape index (κ3) is 3.72. The molecule has 0 amide bonds. The van der Waals surface area contributed by atoms with Crippen LogP contribution in [0.5, 0.6) is 5.75 Å². The Morgan fingerprint density at radius 2 is 2.05 bits per heavy atom. The summed E-state index contributed by atoms with van der Waals surface area (Å²) in [7, 11) is -2.00. The van der Waals surface area contributed by atoms with Gasteiger partial charge in [0.25, 0.3) is 0 Å². The standard InChI is InChI=1S/C12H14ClN3O3S/c1-19-11-2-4-12(5-3-11)20(17,18)15-6-7-16-9-10(13)8-14-16/h2-5,8-9,15H,6-7H2,1H3. The summed E-state index contributed by atoms with van der Waals surface area (Å²) >= 11 is 5.72. The van der Waals surface area contributed by atoms with Crippen LogP contribution in [-0.4, -0.2) is 31.9 Å². The minimum absolute atomic E-state index is 0.191. The minimum atomic E-state index is -3.53. The van der Waals surface area contributed by atoms with Crippen LogP contribution >= 0.6 is 11.6 Å². The molecule has 2 rings (SSSR count). The quantitative estimate of drug-likeness (QED) is 0.877. The summed E-state index contributed by atoms with van der Waals surface area (Å²) in [6.45, 7) is 0.633. The molecule has 0 atom stereocenters. The molecule has 2 aromatic rings. The van der Waals surface area contributed by atoms with Gasteiger partial charge in [0, 0.05) is 12.7 Å². The van der Waals surface area contributed by atoms with Crippen molar-refractivity contribution in [1.82, 2.24) is 14.5 Å². The van der Waals surface area contributed by atoms with Gasteiger partial charge < -0.3 is 4.74 Å². The number of ether oxygens (including phenoxy) is 1. The molecule has 0 spiro atoms. The highest BCUT2D eigenvalue weighted by Gasteiger charge is 2.13. The number of hydrogen-bond acceptors (Lipinski definition) is 4. The Morgan fingerprint density at radius 3 is 2.60 bits per heavy atom. The number of nitrogens with one attached hydrogen (secondary N) is 1. The van der Waals surface area contributed by atoms with Gasteiger partial charge in [-0.2, -0.15) is 5.10 Å². The van der Waals surface area contributed by atoms with Crippen LogP contribution in [0.25, 0.3) is 0 Å². The van der Waals surface area contributed by atoms with Gasteiger partial charge in [0.2, 0.25) is 10.0 Å². The summed E-state index contributed by atoms with van der Waals surface area (Å²) in [5.74, 6) is 0.607. The van der Waals surface area contributed by atoms with Crippen molar-refractivity contribution in [2.75, 3.05) is 13.7 Å². The van der Waals surface area contributed by atoms with Crippen LogP contribution in [-0.2, 0) is 16.6 Å². The van der Waals surface area contributed by atoms with E-state index in [0.717, 1.165) is 0 Å². The van der Waals surface area contributed by atoms with Gasteiger partial charge in [0.05, 0.1) is 29.8 Å². The first kappa shape index (κ1) is 14.8. The van der Waals surface area contributed by atoms with Crippen molar-refractivity contribution in [3.63, 3.8) is 0 Å². The van der Waals surface area contributed by atoms with Gasteiger partial charge in [-0.05, 0) is 24.3 Å². The van der Waals surface area contributed by atoms with E-state index in [1.54, 1.807) is 23.0 Å². The smallest absolute Gasteiger partial charge is 0.240 e. The lowest BCUT2D eigenvalue weighted by Gasteiger charge is -2.07. The summed E-state index contributed by atoms with van der Waals surface area (Å²) < 4.78 is 33.1. The van der Waals surface area contributed by atoms with E-state index in [1.165, 1.54) is 25.4 Å². The average Bonchev–Trinajstić information content (AvgIpc) is 2.84. The molecule has 20 heavy (non-hydrogen) atoms. The van der Waals surface area contributed by atoms with Gasteiger partial charge >= 0.3 is 0 Å². The highest BCUT2D eigenvalue weighted by Crippen LogP contribution is 2.15. The maximum Gasteiger partial charge on any atom is 0.240 e. The van der Waals surface area contributed by atoms with Crippen molar-refractivity contribution < 1.29 is 13.2 Å². The number of hydrogen-bond donors (Lipinski definition) is 1. The summed E-state index contributed by atoms with van der Waals surface area (Å²) in [6.07, 6.45) is 3.13. The third-order valence-electron chi connectivity index (χ3n) is 2.60. The van der Waals surface area contributed by atoms with Crippen molar-refractivity contribution in [3.8, 4) is 5.75 Å². The fourth-order valence-electron chi connectivity index (χ4n) is 1.59. The largest absolute Gasteiger partial charge is 0.497 e. The Morgan fingerprint density at radius 1 is 1.35 bits per heavy atom. The molecule has 0 bridgehead atoms. The lowest BCUT2D eigenvalue weighted by atomic mass is 10.3. The zero-order valence-electron chi connectivity index (χ0n) is 10.8. The minimum Gasteiger partial charge on any atom is -0.497 e. The first-order chi connectivity index (χ1) is 9.51. The number of methoxy groups -OCH3 is 1. The fraction of sp³-hybridized carbons (Fsp3) is 0.250. The van der Waals surface area contributed by atoms with Gasteiger partial charge in [-0.1, -0.05) is 11.6 Å². The molecular weight excluding hydrogens is 302 g/mol. The first-order valence-electron chi connectivity index (χ1n) is 5.83. The molecule has 0 fully saturated rings. The predicted molar refractivity (Wildman–Crippen MR) is 75.4 cm³/mol. The van der Waals surface area contributed by atoms with Crippen molar-refractivity contribution in [1.29, 1.82) is 0 Å². The van der Waals surface area contributed by atoms with Gasteiger partial charge in [0.15, 0.2) is 0 Å². The molecule has 0 aliphatic carbocycles. The molecule has 0 saturated heterocycles. The van der Waals surface area contributed by atoms with Crippen LogP contribution < -0.4 is 9.46 Å². The molecule has 0 radical (unpaired) electrons.